The van der Waals surface area contributed by atoms with Gasteiger partial charge in [0.2, 0.25) is 5.91 Å². The summed E-state index contributed by atoms with van der Waals surface area (Å²) in [6.07, 6.45) is 2.30. The van der Waals surface area contributed by atoms with Crippen LogP contribution < -0.4 is 5.32 Å². The van der Waals surface area contributed by atoms with Crippen LogP contribution in [0.3, 0.4) is 0 Å². The van der Waals surface area contributed by atoms with E-state index in [1.807, 2.05) is 13.8 Å². The molecule has 0 saturated carbocycles. The smallest absolute Gasteiger partial charge is 0.311 e. The number of nitrogens with one attached hydrogen (secondary N) is 1. The Morgan fingerprint density at radius 2 is 2.14 bits per heavy atom. The van der Waals surface area contributed by atoms with Crippen molar-refractivity contribution in [1.29, 1.82) is 5.26 Å². The van der Waals surface area contributed by atoms with Crippen molar-refractivity contribution in [2.75, 3.05) is 11.9 Å². The van der Waals surface area contributed by atoms with Crippen molar-refractivity contribution in [1.82, 2.24) is 19.6 Å². The lowest BCUT2D eigenvalue weighted by molar-refractivity contribution is -0.142. The number of thiazole rings is 1. The molecule has 0 aliphatic rings. The van der Waals surface area contributed by atoms with E-state index in [2.05, 4.69) is 26.5 Å². The highest BCUT2D eigenvalue weighted by molar-refractivity contribution is 7.13. The third-order valence-electron chi connectivity index (χ3n) is 4.36. The highest BCUT2D eigenvalue weighted by Crippen LogP contribution is 2.20. The zero-order valence-electron chi connectivity index (χ0n) is 16.4. The number of nitrogens with zero attached hydrogens (tertiary/aromatic N) is 5. The SMILES string of the molecule is CCOC(=O)Cc1csc(NC(=O)CCc2c(C)nc3c(C#N)cnn3c2C)n1. The van der Waals surface area contributed by atoms with Crippen LogP contribution >= 0.6 is 11.3 Å². The normalized spacial score (nSPS) is 10.7. The van der Waals surface area contributed by atoms with Gasteiger partial charge in [0.1, 0.15) is 11.6 Å². The Morgan fingerprint density at radius 3 is 2.86 bits per heavy atom. The summed E-state index contributed by atoms with van der Waals surface area (Å²) in [5, 5.41) is 18.3. The maximum Gasteiger partial charge on any atom is 0.311 e. The Labute approximate surface area is 171 Å². The third kappa shape index (κ3) is 4.57. The lowest BCUT2D eigenvalue weighted by Crippen LogP contribution is -2.14. The average Bonchev–Trinajstić information content (AvgIpc) is 3.28. The second-order valence-electron chi connectivity index (χ2n) is 6.34. The van der Waals surface area contributed by atoms with Crippen molar-refractivity contribution >= 4 is 34.0 Å². The molecule has 0 saturated heterocycles. The molecular formula is C19H20N6O3S. The first-order valence-corrected chi connectivity index (χ1v) is 9.94. The molecule has 10 heteroatoms. The Balaban J connectivity index is 1.63. The molecule has 3 rings (SSSR count). The van der Waals surface area contributed by atoms with E-state index in [1.54, 1.807) is 16.8 Å². The highest BCUT2D eigenvalue weighted by Gasteiger charge is 2.15. The topological polar surface area (TPSA) is 122 Å². The van der Waals surface area contributed by atoms with Gasteiger partial charge in [-0.15, -0.1) is 11.3 Å². The number of aromatic nitrogens is 4. The van der Waals surface area contributed by atoms with Crippen molar-refractivity contribution in [3.63, 3.8) is 0 Å². The molecule has 0 unspecified atom stereocenters. The second kappa shape index (κ2) is 8.79. The molecule has 0 aliphatic carbocycles. The maximum absolute atomic E-state index is 12.3. The predicted molar refractivity (Wildman–Crippen MR) is 107 cm³/mol. The Kier molecular flexibility index (Phi) is 6.19. The number of hydrogen-bond acceptors (Lipinski definition) is 8. The summed E-state index contributed by atoms with van der Waals surface area (Å²) in [6.45, 7) is 5.82. The number of carbonyl (C=O) groups excluding carboxylic acids is 2. The average molecular weight is 412 g/mol. The van der Waals surface area contributed by atoms with E-state index in [4.69, 9.17) is 10.00 Å². The number of carbonyl (C=O) groups is 2. The summed E-state index contributed by atoms with van der Waals surface area (Å²) in [6, 6.07) is 2.08. The number of anilines is 1. The summed E-state index contributed by atoms with van der Waals surface area (Å²) >= 11 is 1.27. The van der Waals surface area contributed by atoms with Gasteiger partial charge in [-0.1, -0.05) is 0 Å². The molecule has 150 valence electrons. The van der Waals surface area contributed by atoms with Crippen LogP contribution in [0.5, 0.6) is 0 Å². The van der Waals surface area contributed by atoms with Crippen molar-refractivity contribution in [3.8, 4) is 6.07 Å². The van der Waals surface area contributed by atoms with E-state index in [-0.39, 0.29) is 24.7 Å². The minimum absolute atomic E-state index is 0.0822. The van der Waals surface area contributed by atoms with Gasteiger partial charge in [0.05, 0.1) is 24.9 Å². The Morgan fingerprint density at radius 1 is 1.34 bits per heavy atom. The first-order chi connectivity index (χ1) is 13.9. The molecule has 0 fully saturated rings. The molecule has 0 radical (unpaired) electrons. The van der Waals surface area contributed by atoms with Crippen LogP contribution in [0.1, 0.15) is 41.6 Å². The van der Waals surface area contributed by atoms with E-state index in [1.165, 1.54) is 17.5 Å². The number of amides is 1. The largest absolute Gasteiger partial charge is 0.466 e. The predicted octanol–water partition coefficient (Wildman–Crippen LogP) is 2.35. The Hall–Kier alpha value is -3.32. The first-order valence-electron chi connectivity index (χ1n) is 9.06. The zero-order chi connectivity index (χ0) is 21.0. The number of fused-ring (bicyclic) bond motifs is 1. The van der Waals surface area contributed by atoms with E-state index in [0.29, 0.717) is 35.1 Å². The summed E-state index contributed by atoms with van der Waals surface area (Å²) in [5.74, 6) is -0.526. The van der Waals surface area contributed by atoms with E-state index < -0.39 is 0 Å². The van der Waals surface area contributed by atoms with Gasteiger partial charge in [-0.25, -0.2) is 14.5 Å². The molecule has 1 N–H and O–H groups in total. The monoisotopic (exact) mass is 412 g/mol. The zero-order valence-corrected chi connectivity index (χ0v) is 17.2. The van der Waals surface area contributed by atoms with Gasteiger partial charge in [-0.2, -0.15) is 10.4 Å². The van der Waals surface area contributed by atoms with Gasteiger partial charge in [0.25, 0.3) is 0 Å². The highest BCUT2D eigenvalue weighted by atomic mass is 32.1. The molecule has 3 aromatic rings. The van der Waals surface area contributed by atoms with Gasteiger partial charge in [0, 0.05) is 23.2 Å². The van der Waals surface area contributed by atoms with Crippen molar-refractivity contribution in [3.05, 3.63) is 39.8 Å². The standard InChI is InChI=1S/C19H20N6O3S/c1-4-28-17(27)7-14-10-29-19(23-14)24-16(26)6-5-15-11(2)22-18-13(8-20)9-21-25(18)12(15)3/h9-10H,4-7H2,1-3H3,(H,23,24,26). The molecule has 9 nitrogen and oxygen atoms in total. The molecule has 1 amide bonds. The molecule has 3 aromatic heterocycles. The fourth-order valence-electron chi connectivity index (χ4n) is 2.98. The summed E-state index contributed by atoms with van der Waals surface area (Å²) in [5.41, 5.74) is 4.05. The number of rotatable bonds is 7. The van der Waals surface area contributed by atoms with E-state index in [0.717, 1.165) is 17.0 Å². The molecular weight excluding hydrogens is 392 g/mol. The van der Waals surface area contributed by atoms with Crippen LogP contribution in [0.4, 0.5) is 5.13 Å². The Bertz CT molecular complexity index is 1110. The van der Waals surface area contributed by atoms with Crippen LogP contribution in [-0.2, 0) is 27.2 Å². The quantitative estimate of drug-likeness (QED) is 0.591. The fourth-order valence-corrected chi connectivity index (χ4v) is 3.70. The van der Waals surface area contributed by atoms with Crippen LogP contribution in [0.2, 0.25) is 0 Å². The van der Waals surface area contributed by atoms with Gasteiger partial charge in [-0.3, -0.25) is 9.59 Å². The van der Waals surface area contributed by atoms with Gasteiger partial charge in [0.15, 0.2) is 10.8 Å². The second-order valence-corrected chi connectivity index (χ2v) is 7.20. The van der Waals surface area contributed by atoms with Crippen molar-refractivity contribution < 1.29 is 14.3 Å². The summed E-state index contributed by atoms with van der Waals surface area (Å²) < 4.78 is 6.52. The molecule has 0 bridgehead atoms. The minimum atomic E-state index is -0.345. The number of ether oxygens (including phenoxy) is 1. The van der Waals surface area contributed by atoms with Gasteiger partial charge >= 0.3 is 5.97 Å². The first kappa shape index (κ1) is 20.4. The van der Waals surface area contributed by atoms with E-state index in [9.17, 15) is 9.59 Å². The maximum atomic E-state index is 12.3. The third-order valence-corrected chi connectivity index (χ3v) is 5.17. The molecule has 29 heavy (non-hydrogen) atoms. The number of esters is 1. The number of aryl methyl sites for hydroxylation is 2. The lowest BCUT2D eigenvalue weighted by atomic mass is 10.1. The van der Waals surface area contributed by atoms with Crippen LogP contribution in [0, 0.1) is 25.2 Å². The van der Waals surface area contributed by atoms with Crippen LogP contribution in [-0.4, -0.2) is 38.1 Å². The van der Waals surface area contributed by atoms with Gasteiger partial charge in [-0.05, 0) is 32.8 Å². The van der Waals surface area contributed by atoms with Crippen molar-refractivity contribution in [2.24, 2.45) is 0 Å². The lowest BCUT2D eigenvalue weighted by Gasteiger charge is -2.11. The number of hydrogen-bond donors (Lipinski definition) is 1. The fraction of sp³-hybridized carbons (Fsp3) is 0.368. The number of nitriles is 1. The summed E-state index contributed by atoms with van der Waals surface area (Å²) in [7, 11) is 0. The molecule has 0 aliphatic heterocycles. The minimum Gasteiger partial charge on any atom is -0.466 e. The molecule has 0 aromatic carbocycles. The van der Waals surface area contributed by atoms with Crippen LogP contribution in [0.15, 0.2) is 11.6 Å². The molecule has 3 heterocycles. The van der Waals surface area contributed by atoms with Gasteiger partial charge < -0.3 is 10.1 Å². The van der Waals surface area contributed by atoms with Crippen LogP contribution in [0.25, 0.3) is 5.65 Å². The summed E-state index contributed by atoms with van der Waals surface area (Å²) in [4.78, 5) is 32.6. The van der Waals surface area contributed by atoms with Crippen molar-refractivity contribution in [2.45, 2.75) is 40.0 Å². The van der Waals surface area contributed by atoms with E-state index >= 15 is 0 Å². The molecule has 0 spiro atoms. The molecule has 0 atom stereocenters.